The van der Waals surface area contributed by atoms with Crippen molar-refractivity contribution in [3.8, 4) is 17.2 Å². The van der Waals surface area contributed by atoms with E-state index in [-0.39, 0.29) is 10.6 Å². The quantitative estimate of drug-likeness (QED) is 0.315. The predicted octanol–water partition coefficient (Wildman–Crippen LogP) is 6.62. The number of hydrogen-bond acceptors (Lipinski definition) is 4. The number of sulfone groups is 1. The molecule has 0 fully saturated rings. The fourth-order valence-electron chi connectivity index (χ4n) is 3.47. The number of rotatable bonds is 6. The Morgan fingerprint density at radius 2 is 1.71 bits per heavy atom. The molecule has 8 heteroatoms. The molecule has 160 valence electrons. The average Bonchev–Trinajstić information content (AvgIpc) is 3.07. The van der Waals surface area contributed by atoms with Gasteiger partial charge in [0.25, 0.3) is 0 Å². The van der Waals surface area contributed by atoms with Crippen LogP contribution >= 0.6 is 23.2 Å². The molecule has 0 amide bonds. The van der Waals surface area contributed by atoms with Gasteiger partial charge in [0.1, 0.15) is 22.8 Å². The number of para-hydroxylation sites is 1. The van der Waals surface area contributed by atoms with Crippen molar-refractivity contribution in [1.82, 2.24) is 9.55 Å². The van der Waals surface area contributed by atoms with Gasteiger partial charge in [-0.1, -0.05) is 42.3 Å². The van der Waals surface area contributed by atoms with Crippen LogP contribution in [0.2, 0.25) is 10.0 Å². The van der Waals surface area contributed by atoms with Crippen molar-refractivity contribution >= 4 is 44.1 Å². The molecule has 0 unspecified atom stereocenters. The molecule has 0 saturated heterocycles. The molecule has 0 atom stereocenters. The second kappa shape index (κ2) is 8.54. The Bertz CT molecular complexity index is 1380. The Morgan fingerprint density at radius 3 is 2.48 bits per heavy atom. The van der Waals surface area contributed by atoms with Crippen molar-refractivity contribution < 1.29 is 13.2 Å². The van der Waals surface area contributed by atoms with Gasteiger partial charge in [0.05, 0.1) is 31.9 Å². The predicted molar refractivity (Wildman–Crippen MR) is 125 cm³/mol. The summed E-state index contributed by atoms with van der Waals surface area (Å²) in [6.45, 7) is 3.71. The lowest BCUT2D eigenvalue weighted by Crippen LogP contribution is -2.05. The summed E-state index contributed by atoms with van der Waals surface area (Å²) in [6, 6.07) is 17.4. The molecule has 0 saturated carbocycles. The van der Waals surface area contributed by atoms with Gasteiger partial charge in [-0.15, -0.1) is 0 Å². The molecule has 5 nitrogen and oxygen atoms in total. The number of imidazole rings is 1. The molecule has 0 spiro atoms. The van der Waals surface area contributed by atoms with E-state index in [4.69, 9.17) is 27.9 Å². The Balaban J connectivity index is 1.74. The van der Waals surface area contributed by atoms with Crippen molar-refractivity contribution in [2.75, 3.05) is 5.75 Å². The molecule has 1 aromatic heterocycles. The summed E-state index contributed by atoms with van der Waals surface area (Å²) < 4.78 is 32.7. The summed E-state index contributed by atoms with van der Waals surface area (Å²) in [5, 5.41) is 1.09. The Kier molecular flexibility index (Phi) is 5.97. The average molecular weight is 475 g/mol. The molecule has 1 heterocycles. The van der Waals surface area contributed by atoms with Crippen LogP contribution in [0.3, 0.4) is 0 Å². The molecule has 0 aliphatic carbocycles. The van der Waals surface area contributed by atoms with E-state index in [1.165, 1.54) is 6.07 Å². The molecule has 4 rings (SSSR count). The van der Waals surface area contributed by atoms with Crippen molar-refractivity contribution in [2.24, 2.45) is 0 Å². The fourth-order valence-corrected chi connectivity index (χ4v) is 5.24. The zero-order valence-corrected chi connectivity index (χ0v) is 19.3. The van der Waals surface area contributed by atoms with Crippen LogP contribution in [0, 0.1) is 6.92 Å². The Labute approximate surface area is 191 Å². The van der Waals surface area contributed by atoms with Crippen LogP contribution in [-0.4, -0.2) is 23.7 Å². The number of benzene rings is 3. The molecule has 0 aliphatic heterocycles. The number of ether oxygens (including phenoxy) is 1. The van der Waals surface area contributed by atoms with E-state index in [1.54, 1.807) is 42.5 Å². The molecule has 3 aromatic carbocycles. The number of aryl methyl sites for hydroxylation is 1. The zero-order valence-electron chi connectivity index (χ0n) is 17.0. The lowest BCUT2D eigenvalue weighted by molar-refractivity contribution is 0.480. The van der Waals surface area contributed by atoms with E-state index in [9.17, 15) is 8.42 Å². The first-order valence-electron chi connectivity index (χ1n) is 9.74. The van der Waals surface area contributed by atoms with Gasteiger partial charge in [-0.2, -0.15) is 0 Å². The van der Waals surface area contributed by atoms with Gasteiger partial charge in [-0.3, -0.25) is 4.57 Å². The highest BCUT2D eigenvalue weighted by molar-refractivity contribution is 7.91. The molecule has 0 radical (unpaired) electrons. The summed E-state index contributed by atoms with van der Waals surface area (Å²) in [7, 11) is -3.34. The van der Waals surface area contributed by atoms with Gasteiger partial charge in [0.15, 0.2) is 9.84 Å². The first kappa shape index (κ1) is 21.7. The molecular weight excluding hydrogens is 455 g/mol. The summed E-state index contributed by atoms with van der Waals surface area (Å²) in [5.41, 5.74) is 2.21. The topological polar surface area (TPSA) is 61.2 Å². The first-order chi connectivity index (χ1) is 14.8. The normalized spacial score (nSPS) is 11.7. The lowest BCUT2D eigenvalue weighted by Gasteiger charge is -2.13. The van der Waals surface area contributed by atoms with Crippen molar-refractivity contribution in [3.63, 3.8) is 0 Å². The largest absolute Gasteiger partial charge is 0.457 e. The van der Waals surface area contributed by atoms with E-state index in [0.29, 0.717) is 39.2 Å². The second-order valence-electron chi connectivity index (χ2n) is 7.11. The van der Waals surface area contributed by atoms with Crippen LogP contribution in [0.15, 0.2) is 65.6 Å². The maximum absolute atomic E-state index is 12.4. The van der Waals surface area contributed by atoms with Crippen molar-refractivity contribution in [3.05, 3.63) is 76.5 Å². The number of nitrogens with zero attached hydrogens (tertiary/aromatic N) is 2. The van der Waals surface area contributed by atoms with Crippen LogP contribution in [0.4, 0.5) is 0 Å². The standard InChI is InChI=1S/C23H20Cl2N2O3S/c1-3-12-31(28,29)18-7-4-6-16(13-18)30-17-10-11-19(24)22(14-17)27-15(2)26-23-20(25)8-5-9-21(23)27/h4-11,13-14H,3,12H2,1-2H3. The summed E-state index contributed by atoms with van der Waals surface area (Å²) >= 11 is 12.8. The van der Waals surface area contributed by atoms with E-state index in [0.717, 1.165) is 11.3 Å². The molecule has 0 aliphatic rings. The third kappa shape index (κ3) is 4.28. The minimum absolute atomic E-state index is 0.0943. The number of aromatic nitrogens is 2. The molecule has 0 N–H and O–H groups in total. The van der Waals surface area contributed by atoms with Gasteiger partial charge in [0.2, 0.25) is 0 Å². The molecule has 0 bridgehead atoms. The maximum atomic E-state index is 12.4. The van der Waals surface area contributed by atoms with Crippen LogP contribution in [0.25, 0.3) is 16.7 Å². The van der Waals surface area contributed by atoms with Crippen LogP contribution in [-0.2, 0) is 9.84 Å². The Morgan fingerprint density at radius 1 is 0.968 bits per heavy atom. The van der Waals surface area contributed by atoms with Gasteiger partial charge >= 0.3 is 0 Å². The zero-order chi connectivity index (χ0) is 22.2. The van der Waals surface area contributed by atoms with Crippen LogP contribution < -0.4 is 4.74 Å². The Hall–Kier alpha value is -2.54. The summed E-state index contributed by atoms with van der Waals surface area (Å²) in [6.07, 6.45) is 0.552. The lowest BCUT2D eigenvalue weighted by atomic mass is 10.2. The van der Waals surface area contributed by atoms with Gasteiger partial charge in [-0.25, -0.2) is 13.4 Å². The molecule has 31 heavy (non-hydrogen) atoms. The first-order valence-corrected chi connectivity index (χ1v) is 12.1. The van der Waals surface area contributed by atoms with E-state index in [1.807, 2.05) is 30.5 Å². The van der Waals surface area contributed by atoms with E-state index < -0.39 is 9.84 Å². The second-order valence-corrected chi connectivity index (χ2v) is 10.0. The summed E-state index contributed by atoms with van der Waals surface area (Å²) in [4.78, 5) is 4.81. The van der Waals surface area contributed by atoms with Crippen molar-refractivity contribution in [2.45, 2.75) is 25.2 Å². The molecular formula is C23H20Cl2N2O3S. The van der Waals surface area contributed by atoms with Crippen LogP contribution in [0.1, 0.15) is 19.2 Å². The third-order valence-electron chi connectivity index (χ3n) is 4.84. The minimum atomic E-state index is -3.34. The van der Waals surface area contributed by atoms with Gasteiger partial charge < -0.3 is 4.74 Å². The monoisotopic (exact) mass is 474 g/mol. The van der Waals surface area contributed by atoms with Gasteiger partial charge in [0, 0.05) is 6.07 Å². The highest BCUT2D eigenvalue weighted by Crippen LogP contribution is 2.34. The SMILES string of the molecule is CCCS(=O)(=O)c1cccc(Oc2ccc(Cl)c(-n3c(C)nc4c(Cl)cccc43)c2)c1. The van der Waals surface area contributed by atoms with Crippen LogP contribution in [0.5, 0.6) is 11.5 Å². The maximum Gasteiger partial charge on any atom is 0.178 e. The number of hydrogen-bond donors (Lipinski definition) is 0. The van der Waals surface area contributed by atoms with Crippen molar-refractivity contribution in [1.29, 1.82) is 0 Å². The smallest absolute Gasteiger partial charge is 0.178 e. The highest BCUT2D eigenvalue weighted by atomic mass is 35.5. The molecule has 4 aromatic rings. The highest BCUT2D eigenvalue weighted by Gasteiger charge is 2.16. The van der Waals surface area contributed by atoms with E-state index in [2.05, 4.69) is 4.98 Å². The van der Waals surface area contributed by atoms with Gasteiger partial charge in [-0.05, 0) is 55.8 Å². The fraction of sp³-hybridized carbons (Fsp3) is 0.174. The minimum Gasteiger partial charge on any atom is -0.457 e. The number of halogens is 2. The summed E-state index contributed by atoms with van der Waals surface area (Å²) in [5.74, 6) is 1.78. The van der Waals surface area contributed by atoms with E-state index >= 15 is 0 Å². The number of fused-ring (bicyclic) bond motifs is 1. The third-order valence-corrected chi connectivity index (χ3v) is 7.38.